The Morgan fingerprint density at radius 2 is 1.69 bits per heavy atom. The summed E-state index contributed by atoms with van der Waals surface area (Å²) < 4.78 is 5.28. The number of carbonyl (C=O) groups is 4. The SMILES string of the molecule is CCCC(C)NC(=O)C(c1ccccc1C)N(CCC)C(=O)C(CC(N)=O)NC(=O)OC(C)(C)C. The molecule has 0 bridgehead atoms. The van der Waals surface area contributed by atoms with Crippen molar-refractivity contribution in [3.63, 3.8) is 0 Å². The molecular weight excluding hydrogens is 448 g/mol. The predicted octanol–water partition coefficient (Wildman–Crippen LogP) is 3.35. The van der Waals surface area contributed by atoms with E-state index >= 15 is 0 Å². The van der Waals surface area contributed by atoms with Crippen LogP contribution in [0.1, 0.15) is 84.4 Å². The lowest BCUT2D eigenvalue weighted by Crippen LogP contribution is -2.54. The third-order valence-electron chi connectivity index (χ3n) is 5.30. The van der Waals surface area contributed by atoms with E-state index in [1.807, 2.05) is 52.0 Å². The molecule has 0 aliphatic carbocycles. The Hall–Kier alpha value is -3.10. The third kappa shape index (κ3) is 9.96. The molecule has 0 aromatic heterocycles. The second kappa shape index (κ2) is 13.7. The molecule has 0 fully saturated rings. The van der Waals surface area contributed by atoms with Gasteiger partial charge >= 0.3 is 6.09 Å². The van der Waals surface area contributed by atoms with E-state index in [1.165, 1.54) is 4.90 Å². The highest BCUT2D eigenvalue weighted by Gasteiger charge is 2.37. The molecule has 9 nitrogen and oxygen atoms in total. The van der Waals surface area contributed by atoms with Crippen LogP contribution in [0.4, 0.5) is 4.79 Å². The molecule has 35 heavy (non-hydrogen) atoms. The van der Waals surface area contributed by atoms with Gasteiger partial charge < -0.3 is 26.0 Å². The molecule has 4 amide bonds. The number of aryl methyl sites for hydroxylation is 1. The van der Waals surface area contributed by atoms with Gasteiger partial charge in [-0.15, -0.1) is 0 Å². The van der Waals surface area contributed by atoms with Crippen LogP contribution in [0.3, 0.4) is 0 Å². The van der Waals surface area contributed by atoms with Crippen LogP contribution in [0.25, 0.3) is 0 Å². The minimum Gasteiger partial charge on any atom is -0.444 e. The molecule has 0 radical (unpaired) electrons. The fourth-order valence-corrected chi connectivity index (χ4v) is 3.83. The van der Waals surface area contributed by atoms with Crippen molar-refractivity contribution in [2.75, 3.05) is 6.54 Å². The minimum atomic E-state index is -1.28. The summed E-state index contributed by atoms with van der Waals surface area (Å²) in [4.78, 5) is 53.0. The monoisotopic (exact) mass is 490 g/mol. The highest BCUT2D eigenvalue weighted by Crippen LogP contribution is 2.26. The molecule has 4 N–H and O–H groups in total. The van der Waals surface area contributed by atoms with Crippen molar-refractivity contribution in [2.24, 2.45) is 5.73 Å². The maximum absolute atomic E-state index is 13.8. The number of benzene rings is 1. The molecule has 0 saturated carbocycles. The second-order valence-corrected chi connectivity index (χ2v) is 9.86. The maximum atomic E-state index is 13.8. The first-order valence-corrected chi connectivity index (χ1v) is 12.2. The number of nitrogens with zero attached hydrogens (tertiary/aromatic N) is 1. The highest BCUT2D eigenvalue weighted by molar-refractivity contribution is 5.94. The minimum absolute atomic E-state index is 0.0844. The van der Waals surface area contributed by atoms with Crippen LogP contribution in [0.15, 0.2) is 24.3 Å². The lowest BCUT2D eigenvalue weighted by Gasteiger charge is -2.35. The normalized spacial score (nSPS) is 13.8. The molecule has 0 heterocycles. The summed E-state index contributed by atoms with van der Waals surface area (Å²) >= 11 is 0. The van der Waals surface area contributed by atoms with Crippen molar-refractivity contribution in [1.82, 2.24) is 15.5 Å². The predicted molar refractivity (Wildman–Crippen MR) is 135 cm³/mol. The van der Waals surface area contributed by atoms with Gasteiger partial charge in [-0.05, 0) is 58.6 Å². The second-order valence-electron chi connectivity index (χ2n) is 9.86. The summed E-state index contributed by atoms with van der Waals surface area (Å²) in [6.07, 6.45) is 0.975. The number of nitrogens with two attached hydrogens (primary N) is 1. The summed E-state index contributed by atoms with van der Waals surface area (Å²) in [6.45, 7) is 13.0. The Morgan fingerprint density at radius 3 is 2.20 bits per heavy atom. The number of rotatable bonds is 12. The molecular formula is C26H42N4O5. The quantitative estimate of drug-likeness (QED) is 0.414. The van der Waals surface area contributed by atoms with Gasteiger partial charge in [0, 0.05) is 12.6 Å². The Morgan fingerprint density at radius 1 is 1.06 bits per heavy atom. The number of hydrogen-bond donors (Lipinski definition) is 3. The fourth-order valence-electron chi connectivity index (χ4n) is 3.83. The van der Waals surface area contributed by atoms with Crippen LogP contribution >= 0.6 is 0 Å². The standard InChI is InChI=1S/C26H42N4O5/c1-8-12-18(4)28-23(32)22(19-14-11-10-13-17(19)3)30(15-9-2)24(33)20(16-21(27)31)29-25(34)35-26(5,6)7/h10-11,13-14,18,20,22H,8-9,12,15-16H2,1-7H3,(H2,27,31)(H,28,32)(H,29,34). The van der Waals surface area contributed by atoms with Gasteiger partial charge in [0.25, 0.3) is 0 Å². The Bertz CT molecular complexity index is 881. The van der Waals surface area contributed by atoms with Gasteiger partial charge in [-0.3, -0.25) is 14.4 Å². The van der Waals surface area contributed by atoms with Gasteiger partial charge in [0.15, 0.2) is 0 Å². The summed E-state index contributed by atoms with van der Waals surface area (Å²) in [6, 6.07) is 5.05. The number of primary amides is 1. The fraction of sp³-hybridized carbons (Fsp3) is 0.615. The van der Waals surface area contributed by atoms with Gasteiger partial charge in [-0.2, -0.15) is 0 Å². The molecule has 0 saturated heterocycles. The van der Waals surface area contributed by atoms with E-state index in [2.05, 4.69) is 10.6 Å². The van der Waals surface area contributed by atoms with Crippen molar-refractivity contribution in [3.8, 4) is 0 Å². The van der Waals surface area contributed by atoms with E-state index in [0.717, 1.165) is 18.4 Å². The average molecular weight is 491 g/mol. The number of alkyl carbamates (subject to hydrolysis) is 1. The maximum Gasteiger partial charge on any atom is 0.408 e. The smallest absolute Gasteiger partial charge is 0.408 e. The van der Waals surface area contributed by atoms with E-state index < -0.39 is 42.0 Å². The van der Waals surface area contributed by atoms with Gasteiger partial charge in [-0.1, -0.05) is 44.5 Å². The summed E-state index contributed by atoms with van der Waals surface area (Å²) in [5, 5.41) is 5.50. The summed E-state index contributed by atoms with van der Waals surface area (Å²) in [5.74, 6) is -1.66. The first-order valence-electron chi connectivity index (χ1n) is 12.2. The van der Waals surface area contributed by atoms with Gasteiger partial charge in [-0.25, -0.2) is 4.79 Å². The van der Waals surface area contributed by atoms with Crippen LogP contribution in [-0.4, -0.2) is 52.9 Å². The first-order chi connectivity index (χ1) is 16.3. The van der Waals surface area contributed by atoms with E-state index in [1.54, 1.807) is 20.8 Å². The lowest BCUT2D eigenvalue weighted by atomic mass is 9.97. The van der Waals surface area contributed by atoms with Crippen molar-refractivity contribution in [3.05, 3.63) is 35.4 Å². The molecule has 3 unspecified atom stereocenters. The number of hydrogen-bond acceptors (Lipinski definition) is 5. The molecule has 1 rings (SSSR count). The van der Waals surface area contributed by atoms with E-state index in [4.69, 9.17) is 10.5 Å². The molecule has 0 aliphatic rings. The summed E-state index contributed by atoms with van der Waals surface area (Å²) in [7, 11) is 0. The van der Waals surface area contributed by atoms with Crippen molar-refractivity contribution in [2.45, 2.75) is 97.9 Å². The van der Waals surface area contributed by atoms with Gasteiger partial charge in [0.2, 0.25) is 17.7 Å². The Kier molecular flexibility index (Phi) is 11.7. The number of carbonyl (C=O) groups excluding carboxylic acids is 4. The Labute approximate surface area is 209 Å². The molecule has 3 atom stereocenters. The van der Waals surface area contributed by atoms with Crippen LogP contribution in [0, 0.1) is 6.92 Å². The topological polar surface area (TPSA) is 131 Å². The zero-order valence-electron chi connectivity index (χ0n) is 22.1. The first kappa shape index (κ1) is 29.9. The number of ether oxygens (including phenoxy) is 1. The molecule has 0 spiro atoms. The van der Waals surface area contributed by atoms with Crippen molar-refractivity contribution >= 4 is 23.8 Å². The summed E-state index contributed by atoms with van der Waals surface area (Å²) in [5.41, 5.74) is 6.11. The molecule has 1 aromatic rings. The van der Waals surface area contributed by atoms with Crippen LogP contribution in [0.2, 0.25) is 0 Å². The average Bonchev–Trinajstić information content (AvgIpc) is 2.72. The van der Waals surface area contributed by atoms with Crippen LogP contribution < -0.4 is 16.4 Å². The lowest BCUT2D eigenvalue weighted by molar-refractivity contribution is -0.143. The van der Waals surface area contributed by atoms with Crippen molar-refractivity contribution in [1.29, 1.82) is 0 Å². The van der Waals surface area contributed by atoms with Crippen LogP contribution in [-0.2, 0) is 19.1 Å². The van der Waals surface area contributed by atoms with Gasteiger partial charge in [0.1, 0.15) is 17.7 Å². The Balaban J connectivity index is 3.45. The van der Waals surface area contributed by atoms with Crippen molar-refractivity contribution < 1.29 is 23.9 Å². The highest BCUT2D eigenvalue weighted by atomic mass is 16.6. The zero-order chi connectivity index (χ0) is 26.8. The molecule has 1 aromatic carbocycles. The molecule has 196 valence electrons. The van der Waals surface area contributed by atoms with E-state index in [-0.39, 0.29) is 18.5 Å². The van der Waals surface area contributed by atoms with Crippen LogP contribution in [0.5, 0.6) is 0 Å². The zero-order valence-corrected chi connectivity index (χ0v) is 22.1. The molecule has 0 aliphatic heterocycles. The van der Waals surface area contributed by atoms with Gasteiger partial charge in [0.05, 0.1) is 6.42 Å². The van der Waals surface area contributed by atoms with E-state index in [0.29, 0.717) is 12.0 Å². The number of amides is 4. The number of nitrogens with one attached hydrogen (secondary N) is 2. The largest absolute Gasteiger partial charge is 0.444 e. The third-order valence-corrected chi connectivity index (χ3v) is 5.30. The van der Waals surface area contributed by atoms with E-state index in [9.17, 15) is 19.2 Å². The molecule has 9 heteroatoms.